The molecule has 0 saturated heterocycles. The number of aryl methyl sites for hydroxylation is 1. The third-order valence-corrected chi connectivity index (χ3v) is 6.19. The van der Waals surface area contributed by atoms with Crippen LogP contribution in [0.4, 0.5) is 0 Å². The van der Waals surface area contributed by atoms with Gasteiger partial charge in [0.1, 0.15) is 0 Å². The molecule has 0 fully saturated rings. The second-order valence-electron chi connectivity index (χ2n) is 6.69. The molecule has 0 N–H and O–H groups in total. The SMILES string of the molecule is Cc1ccc(-c2nnc(CN(C)C(=O)CN(C)S(=O)(=O)c3ccccc3)o2)cc1. The summed E-state index contributed by atoms with van der Waals surface area (Å²) in [6.07, 6.45) is 0. The lowest BCUT2D eigenvalue weighted by atomic mass is 10.1. The predicted molar refractivity (Wildman–Crippen MR) is 107 cm³/mol. The van der Waals surface area contributed by atoms with Crippen LogP contribution in [-0.2, 0) is 21.4 Å². The second-order valence-corrected chi connectivity index (χ2v) is 8.74. The van der Waals surface area contributed by atoms with Gasteiger partial charge < -0.3 is 9.32 Å². The highest BCUT2D eigenvalue weighted by Crippen LogP contribution is 2.19. The first-order valence-electron chi connectivity index (χ1n) is 8.92. The maximum Gasteiger partial charge on any atom is 0.247 e. The molecule has 2 aromatic carbocycles. The van der Waals surface area contributed by atoms with E-state index in [2.05, 4.69) is 10.2 Å². The molecule has 0 atom stereocenters. The molecule has 0 aliphatic rings. The van der Waals surface area contributed by atoms with E-state index in [1.807, 2.05) is 31.2 Å². The number of benzene rings is 2. The Hall–Kier alpha value is -3.04. The number of hydrogen-bond donors (Lipinski definition) is 0. The number of nitrogens with zero attached hydrogens (tertiary/aromatic N) is 4. The van der Waals surface area contributed by atoms with Crippen LogP contribution in [0.3, 0.4) is 0 Å². The summed E-state index contributed by atoms with van der Waals surface area (Å²) in [6, 6.07) is 15.6. The molecule has 0 aliphatic carbocycles. The van der Waals surface area contributed by atoms with E-state index in [1.165, 1.54) is 24.1 Å². The van der Waals surface area contributed by atoms with Gasteiger partial charge in [0, 0.05) is 19.7 Å². The lowest BCUT2D eigenvalue weighted by Gasteiger charge is -2.20. The third kappa shape index (κ3) is 4.87. The second kappa shape index (κ2) is 8.54. The molecule has 0 aliphatic heterocycles. The lowest BCUT2D eigenvalue weighted by molar-refractivity contribution is -0.130. The van der Waals surface area contributed by atoms with Gasteiger partial charge in [0.25, 0.3) is 0 Å². The minimum absolute atomic E-state index is 0.0803. The number of carbonyl (C=O) groups is 1. The maximum atomic E-state index is 12.5. The van der Waals surface area contributed by atoms with Crippen molar-refractivity contribution >= 4 is 15.9 Å². The number of aromatic nitrogens is 2. The number of amides is 1. The van der Waals surface area contributed by atoms with Crippen LogP contribution in [-0.4, -0.2) is 54.4 Å². The molecule has 29 heavy (non-hydrogen) atoms. The zero-order valence-electron chi connectivity index (χ0n) is 16.4. The van der Waals surface area contributed by atoms with Gasteiger partial charge in [-0.25, -0.2) is 8.42 Å². The molecular formula is C20H22N4O4S. The van der Waals surface area contributed by atoms with E-state index >= 15 is 0 Å². The highest BCUT2D eigenvalue weighted by atomic mass is 32.2. The predicted octanol–water partition coefficient (Wildman–Crippen LogP) is 2.32. The average Bonchev–Trinajstić information content (AvgIpc) is 3.17. The molecule has 3 aromatic rings. The molecular weight excluding hydrogens is 392 g/mol. The van der Waals surface area contributed by atoms with Crippen LogP contribution >= 0.6 is 0 Å². The van der Waals surface area contributed by atoms with E-state index < -0.39 is 10.0 Å². The Labute approximate surface area is 169 Å². The van der Waals surface area contributed by atoms with Gasteiger partial charge in [0.05, 0.1) is 18.0 Å². The first-order chi connectivity index (χ1) is 13.8. The average molecular weight is 414 g/mol. The monoisotopic (exact) mass is 414 g/mol. The van der Waals surface area contributed by atoms with Crippen LogP contribution < -0.4 is 0 Å². The zero-order valence-corrected chi connectivity index (χ0v) is 17.3. The molecule has 9 heteroatoms. The maximum absolute atomic E-state index is 12.5. The van der Waals surface area contributed by atoms with Crippen molar-refractivity contribution in [2.75, 3.05) is 20.6 Å². The highest BCUT2D eigenvalue weighted by molar-refractivity contribution is 7.89. The molecule has 0 spiro atoms. The standard InChI is InChI=1S/C20H22N4O4S/c1-15-9-11-16(12-10-15)20-22-21-18(28-20)13-23(2)19(25)14-24(3)29(26,27)17-7-5-4-6-8-17/h4-12H,13-14H2,1-3H3. The number of likely N-dealkylation sites (N-methyl/N-ethyl adjacent to an activating group) is 2. The largest absolute Gasteiger partial charge is 0.419 e. The van der Waals surface area contributed by atoms with Gasteiger partial charge in [0.15, 0.2) is 0 Å². The Morgan fingerprint density at radius 3 is 2.31 bits per heavy atom. The lowest BCUT2D eigenvalue weighted by Crippen LogP contribution is -2.39. The Morgan fingerprint density at radius 1 is 1.00 bits per heavy atom. The van der Waals surface area contributed by atoms with Gasteiger partial charge in [-0.05, 0) is 31.2 Å². The summed E-state index contributed by atoms with van der Waals surface area (Å²) in [4.78, 5) is 14.0. The van der Waals surface area contributed by atoms with Crippen molar-refractivity contribution in [1.82, 2.24) is 19.4 Å². The molecule has 1 amide bonds. The van der Waals surface area contributed by atoms with Crippen LogP contribution in [0.5, 0.6) is 0 Å². The Balaban J connectivity index is 1.63. The summed E-state index contributed by atoms with van der Waals surface area (Å²) in [5.41, 5.74) is 1.91. The van der Waals surface area contributed by atoms with Crippen molar-refractivity contribution < 1.29 is 17.6 Å². The van der Waals surface area contributed by atoms with Crippen molar-refractivity contribution in [2.45, 2.75) is 18.4 Å². The summed E-state index contributed by atoms with van der Waals surface area (Å²) in [6.45, 7) is 1.77. The molecule has 0 unspecified atom stereocenters. The molecule has 0 saturated carbocycles. The van der Waals surface area contributed by atoms with Gasteiger partial charge >= 0.3 is 0 Å². The van der Waals surface area contributed by atoms with Crippen LogP contribution in [0.25, 0.3) is 11.5 Å². The fourth-order valence-electron chi connectivity index (χ4n) is 2.59. The van der Waals surface area contributed by atoms with E-state index in [1.54, 1.807) is 25.2 Å². The number of carbonyl (C=O) groups excluding carboxylic acids is 1. The van der Waals surface area contributed by atoms with Crippen molar-refractivity contribution in [1.29, 1.82) is 0 Å². The van der Waals surface area contributed by atoms with Gasteiger partial charge in [0.2, 0.25) is 27.7 Å². The highest BCUT2D eigenvalue weighted by Gasteiger charge is 2.24. The number of hydrogen-bond acceptors (Lipinski definition) is 6. The molecule has 1 aromatic heterocycles. The summed E-state index contributed by atoms with van der Waals surface area (Å²) < 4.78 is 31.7. The normalized spacial score (nSPS) is 11.6. The van der Waals surface area contributed by atoms with Crippen LogP contribution in [0.15, 0.2) is 63.9 Å². The van der Waals surface area contributed by atoms with Gasteiger partial charge in [-0.2, -0.15) is 4.31 Å². The number of rotatable bonds is 7. The fraction of sp³-hybridized carbons (Fsp3) is 0.250. The first-order valence-corrected chi connectivity index (χ1v) is 10.4. The summed E-state index contributed by atoms with van der Waals surface area (Å²) in [7, 11) is -0.814. The van der Waals surface area contributed by atoms with Crippen molar-refractivity contribution in [3.05, 3.63) is 66.1 Å². The van der Waals surface area contributed by atoms with Crippen LogP contribution in [0.1, 0.15) is 11.5 Å². The zero-order chi connectivity index (χ0) is 21.0. The summed E-state index contributed by atoms with van der Waals surface area (Å²) in [5.74, 6) is 0.247. The van der Waals surface area contributed by atoms with Crippen molar-refractivity contribution in [3.8, 4) is 11.5 Å². The van der Waals surface area contributed by atoms with E-state index in [0.717, 1.165) is 15.4 Å². The fourth-order valence-corrected chi connectivity index (χ4v) is 3.73. The van der Waals surface area contributed by atoms with E-state index in [0.29, 0.717) is 5.89 Å². The van der Waals surface area contributed by atoms with Gasteiger partial charge in [-0.3, -0.25) is 4.79 Å². The summed E-state index contributed by atoms with van der Waals surface area (Å²) >= 11 is 0. The summed E-state index contributed by atoms with van der Waals surface area (Å²) in [5, 5.41) is 7.98. The molecule has 0 radical (unpaired) electrons. The van der Waals surface area contributed by atoms with Crippen LogP contribution in [0.2, 0.25) is 0 Å². The van der Waals surface area contributed by atoms with Gasteiger partial charge in [-0.15, -0.1) is 10.2 Å². The van der Waals surface area contributed by atoms with Crippen molar-refractivity contribution in [3.63, 3.8) is 0 Å². The minimum atomic E-state index is -3.74. The molecule has 152 valence electrons. The minimum Gasteiger partial charge on any atom is -0.419 e. The van der Waals surface area contributed by atoms with E-state index in [-0.39, 0.29) is 29.8 Å². The topological polar surface area (TPSA) is 96.6 Å². The van der Waals surface area contributed by atoms with Crippen LogP contribution in [0, 0.1) is 6.92 Å². The van der Waals surface area contributed by atoms with E-state index in [4.69, 9.17) is 4.42 Å². The quantitative estimate of drug-likeness (QED) is 0.589. The first kappa shape index (κ1) is 20.7. The smallest absolute Gasteiger partial charge is 0.247 e. The molecule has 3 rings (SSSR count). The third-order valence-electron chi connectivity index (χ3n) is 4.37. The number of sulfonamides is 1. The Morgan fingerprint density at radius 2 is 1.66 bits per heavy atom. The van der Waals surface area contributed by atoms with E-state index in [9.17, 15) is 13.2 Å². The Bertz CT molecular complexity index is 1080. The molecule has 0 bridgehead atoms. The Kier molecular flexibility index (Phi) is 6.09. The van der Waals surface area contributed by atoms with Gasteiger partial charge in [-0.1, -0.05) is 35.9 Å². The van der Waals surface area contributed by atoms with Crippen molar-refractivity contribution in [2.24, 2.45) is 0 Å². The molecule has 8 nitrogen and oxygen atoms in total. The molecule has 1 heterocycles.